The van der Waals surface area contributed by atoms with Crippen LogP contribution in [0.5, 0.6) is 11.5 Å². The van der Waals surface area contributed by atoms with Crippen LogP contribution in [0.1, 0.15) is 18.6 Å². The number of benzene rings is 1. The highest BCUT2D eigenvalue weighted by molar-refractivity contribution is 7.89. The lowest BCUT2D eigenvalue weighted by Gasteiger charge is -2.31. The van der Waals surface area contributed by atoms with Gasteiger partial charge in [-0.25, -0.2) is 8.42 Å². The zero-order valence-corrected chi connectivity index (χ0v) is 16.7. The Morgan fingerprint density at radius 1 is 1.25 bits per heavy atom. The SMILES string of the molecule is COc1ccc(S(=O)(=O)N2CCCC(C(=O)NCc3ccco3)C2)cc1OC. The van der Waals surface area contributed by atoms with E-state index >= 15 is 0 Å². The van der Waals surface area contributed by atoms with E-state index in [1.54, 1.807) is 24.5 Å². The minimum Gasteiger partial charge on any atom is -0.493 e. The van der Waals surface area contributed by atoms with Crippen LogP contribution in [-0.2, 0) is 21.4 Å². The highest BCUT2D eigenvalue weighted by atomic mass is 32.2. The average Bonchev–Trinajstić information content (AvgIpc) is 3.25. The molecule has 1 atom stereocenters. The highest BCUT2D eigenvalue weighted by Gasteiger charge is 2.33. The van der Waals surface area contributed by atoms with Gasteiger partial charge in [-0.3, -0.25) is 4.79 Å². The zero-order chi connectivity index (χ0) is 20.1. The molecule has 1 aliphatic heterocycles. The third-order valence-corrected chi connectivity index (χ3v) is 6.63. The maximum atomic E-state index is 13.1. The van der Waals surface area contributed by atoms with Gasteiger partial charge in [-0.15, -0.1) is 0 Å². The summed E-state index contributed by atoms with van der Waals surface area (Å²) in [4.78, 5) is 12.6. The molecule has 1 aromatic carbocycles. The molecular weight excluding hydrogens is 384 g/mol. The number of nitrogens with zero attached hydrogens (tertiary/aromatic N) is 1. The van der Waals surface area contributed by atoms with Gasteiger partial charge >= 0.3 is 0 Å². The molecule has 0 saturated carbocycles. The molecule has 1 aliphatic rings. The number of ether oxygens (including phenoxy) is 2. The molecule has 1 amide bonds. The topological polar surface area (TPSA) is 98.1 Å². The van der Waals surface area contributed by atoms with E-state index < -0.39 is 15.9 Å². The van der Waals surface area contributed by atoms with Gasteiger partial charge in [0.15, 0.2) is 11.5 Å². The molecule has 1 N–H and O–H groups in total. The van der Waals surface area contributed by atoms with E-state index in [4.69, 9.17) is 13.9 Å². The summed E-state index contributed by atoms with van der Waals surface area (Å²) >= 11 is 0. The van der Waals surface area contributed by atoms with E-state index in [2.05, 4.69) is 5.32 Å². The second-order valence-corrected chi connectivity index (χ2v) is 8.45. The number of rotatable bonds is 7. The van der Waals surface area contributed by atoms with Crippen molar-refractivity contribution in [1.29, 1.82) is 0 Å². The van der Waals surface area contributed by atoms with Crippen molar-refractivity contribution in [2.45, 2.75) is 24.3 Å². The van der Waals surface area contributed by atoms with E-state index in [1.165, 1.54) is 30.7 Å². The van der Waals surface area contributed by atoms with Crippen LogP contribution in [0.3, 0.4) is 0 Å². The van der Waals surface area contributed by atoms with Gasteiger partial charge < -0.3 is 19.2 Å². The molecule has 8 nitrogen and oxygen atoms in total. The van der Waals surface area contributed by atoms with E-state index in [9.17, 15) is 13.2 Å². The van der Waals surface area contributed by atoms with Crippen molar-refractivity contribution in [3.8, 4) is 11.5 Å². The Bertz CT molecular complexity index is 911. The van der Waals surface area contributed by atoms with E-state index in [-0.39, 0.29) is 23.9 Å². The molecule has 0 aliphatic carbocycles. The molecule has 0 bridgehead atoms. The molecule has 0 radical (unpaired) electrons. The van der Waals surface area contributed by atoms with Crippen LogP contribution < -0.4 is 14.8 Å². The molecule has 2 heterocycles. The number of piperidine rings is 1. The zero-order valence-electron chi connectivity index (χ0n) is 15.9. The number of carbonyl (C=O) groups excluding carboxylic acids is 1. The van der Waals surface area contributed by atoms with Crippen molar-refractivity contribution >= 4 is 15.9 Å². The fourth-order valence-corrected chi connectivity index (χ4v) is 4.77. The van der Waals surface area contributed by atoms with Gasteiger partial charge in [0, 0.05) is 19.2 Å². The maximum Gasteiger partial charge on any atom is 0.243 e. The summed E-state index contributed by atoms with van der Waals surface area (Å²) < 4.78 is 43.0. The van der Waals surface area contributed by atoms with Crippen LogP contribution in [0.4, 0.5) is 0 Å². The van der Waals surface area contributed by atoms with Crippen LogP contribution in [0.25, 0.3) is 0 Å². The van der Waals surface area contributed by atoms with Crippen molar-refractivity contribution in [3.05, 3.63) is 42.4 Å². The van der Waals surface area contributed by atoms with Crippen LogP contribution in [0, 0.1) is 5.92 Å². The Morgan fingerprint density at radius 3 is 2.71 bits per heavy atom. The second kappa shape index (κ2) is 8.66. The summed E-state index contributed by atoms with van der Waals surface area (Å²) in [5, 5.41) is 2.81. The summed E-state index contributed by atoms with van der Waals surface area (Å²) in [6.07, 6.45) is 2.80. The average molecular weight is 408 g/mol. The predicted octanol–water partition coefficient (Wildman–Crippen LogP) is 2.01. The lowest BCUT2D eigenvalue weighted by molar-refractivity contribution is -0.126. The van der Waals surface area contributed by atoms with Crippen molar-refractivity contribution in [2.75, 3.05) is 27.3 Å². The van der Waals surface area contributed by atoms with Gasteiger partial charge in [0.2, 0.25) is 15.9 Å². The Morgan fingerprint density at radius 2 is 2.04 bits per heavy atom. The first-order chi connectivity index (χ1) is 13.5. The van der Waals surface area contributed by atoms with Gasteiger partial charge in [0.05, 0.1) is 37.8 Å². The Hall–Kier alpha value is -2.52. The summed E-state index contributed by atoms with van der Waals surface area (Å²) in [5.74, 6) is 0.866. The summed E-state index contributed by atoms with van der Waals surface area (Å²) in [7, 11) is -0.803. The van der Waals surface area contributed by atoms with Crippen LogP contribution in [0.2, 0.25) is 0 Å². The monoisotopic (exact) mass is 408 g/mol. The third kappa shape index (κ3) is 4.31. The molecule has 9 heteroatoms. The summed E-state index contributed by atoms with van der Waals surface area (Å²) in [6.45, 7) is 0.796. The van der Waals surface area contributed by atoms with Crippen molar-refractivity contribution < 1.29 is 27.1 Å². The van der Waals surface area contributed by atoms with Crippen LogP contribution in [-0.4, -0.2) is 45.9 Å². The smallest absolute Gasteiger partial charge is 0.243 e. The number of amides is 1. The lowest BCUT2D eigenvalue weighted by atomic mass is 9.99. The van der Waals surface area contributed by atoms with Crippen molar-refractivity contribution in [2.24, 2.45) is 5.92 Å². The lowest BCUT2D eigenvalue weighted by Crippen LogP contribution is -2.45. The van der Waals surface area contributed by atoms with E-state index in [0.29, 0.717) is 36.6 Å². The molecular formula is C19H24N2O6S. The molecule has 1 aromatic heterocycles. The quantitative estimate of drug-likeness (QED) is 0.753. The number of furan rings is 1. The largest absolute Gasteiger partial charge is 0.493 e. The first kappa shape index (κ1) is 20.2. The standard InChI is InChI=1S/C19H24N2O6S/c1-25-17-8-7-16(11-18(17)26-2)28(23,24)21-9-3-5-14(13-21)19(22)20-12-15-6-4-10-27-15/h4,6-8,10-11,14H,3,5,9,12-13H2,1-2H3,(H,20,22). The fraction of sp³-hybridized carbons (Fsp3) is 0.421. The predicted molar refractivity (Wildman–Crippen MR) is 102 cm³/mol. The van der Waals surface area contributed by atoms with Gasteiger partial charge in [-0.05, 0) is 37.1 Å². The van der Waals surface area contributed by atoms with Crippen LogP contribution in [0.15, 0.2) is 45.9 Å². The maximum absolute atomic E-state index is 13.1. The third-order valence-electron chi connectivity index (χ3n) is 4.76. The number of carbonyl (C=O) groups is 1. The van der Waals surface area contributed by atoms with Crippen molar-refractivity contribution in [1.82, 2.24) is 9.62 Å². The number of methoxy groups -OCH3 is 2. The van der Waals surface area contributed by atoms with Gasteiger partial charge in [0.1, 0.15) is 5.76 Å². The molecule has 2 aromatic rings. The minimum absolute atomic E-state index is 0.113. The highest BCUT2D eigenvalue weighted by Crippen LogP contribution is 2.32. The fourth-order valence-electron chi connectivity index (χ4n) is 3.23. The van der Waals surface area contributed by atoms with Crippen LogP contribution >= 0.6 is 0 Å². The van der Waals surface area contributed by atoms with Gasteiger partial charge in [0.25, 0.3) is 0 Å². The van der Waals surface area contributed by atoms with Gasteiger partial charge in [-0.1, -0.05) is 0 Å². The Labute approximate surface area is 164 Å². The molecule has 3 rings (SSSR count). The molecule has 1 unspecified atom stereocenters. The first-order valence-corrected chi connectivity index (χ1v) is 10.4. The number of nitrogens with one attached hydrogen (secondary N) is 1. The Kier molecular flexibility index (Phi) is 6.25. The number of hydrogen-bond donors (Lipinski definition) is 1. The molecule has 28 heavy (non-hydrogen) atoms. The molecule has 1 saturated heterocycles. The van der Waals surface area contributed by atoms with Gasteiger partial charge in [-0.2, -0.15) is 4.31 Å². The molecule has 1 fully saturated rings. The number of hydrogen-bond acceptors (Lipinski definition) is 6. The normalized spacial score (nSPS) is 17.9. The molecule has 152 valence electrons. The van der Waals surface area contributed by atoms with E-state index in [0.717, 1.165) is 0 Å². The Balaban J connectivity index is 1.71. The first-order valence-electron chi connectivity index (χ1n) is 8.98. The second-order valence-electron chi connectivity index (χ2n) is 6.52. The van der Waals surface area contributed by atoms with E-state index in [1.807, 2.05) is 0 Å². The summed E-state index contributed by atoms with van der Waals surface area (Å²) in [6, 6.07) is 8.00. The van der Waals surface area contributed by atoms with Crippen molar-refractivity contribution in [3.63, 3.8) is 0 Å². The minimum atomic E-state index is -3.74. The molecule has 0 spiro atoms. The number of sulfonamides is 1. The summed E-state index contributed by atoms with van der Waals surface area (Å²) in [5.41, 5.74) is 0.